The summed E-state index contributed by atoms with van der Waals surface area (Å²) in [5.74, 6) is -0.168. The van der Waals surface area contributed by atoms with E-state index >= 15 is 0 Å². The number of hydrogen-bond acceptors (Lipinski definition) is 2. The van der Waals surface area contributed by atoms with Crippen molar-refractivity contribution in [3.05, 3.63) is 53.7 Å². The fourth-order valence-electron chi connectivity index (χ4n) is 2.50. The zero-order valence-corrected chi connectivity index (χ0v) is 13.0. The van der Waals surface area contributed by atoms with Crippen molar-refractivity contribution >= 4 is 16.8 Å². The molecule has 0 fully saturated rings. The number of halogens is 3. The monoisotopic (exact) mass is 333 g/mol. The van der Waals surface area contributed by atoms with Crippen molar-refractivity contribution in [1.82, 2.24) is 15.1 Å². The maximum atomic E-state index is 13.1. The summed E-state index contributed by atoms with van der Waals surface area (Å²) in [6.07, 6.45) is -2.96. The molecule has 0 saturated carbocycles. The van der Waals surface area contributed by atoms with E-state index < -0.39 is 11.7 Å². The standard InChI is InChI=1S/C17H14F3N3O/c1-23(2)16(24)11-5-3-10(4-6-11)13-7-12(17(18,19)20)8-15-14(13)9-21-22-15/h3-9H,1-2H3,(H,21,22). The number of alkyl halides is 3. The molecular weight excluding hydrogens is 319 g/mol. The molecule has 0 bridgehead atoms. The number of amides is 1. The van der Waals surface area contributed by atoms with E-state index in [2.05, 4.69) is 10.2 Å². The summed E-state index contributed by atoms with van der Waals surface area (Å²) in [5, 5.41) is 6.99. The average Bonchev–Trinajstić information content (AvgIpc) is 3.01. The van der Waals surface area contributed by atoms with Crippen molar-refractivity contribution in [1.29, 1.82) is 0 Å². The zero-order valence-electron chi connectivity index (χ0n) is 13.0. The lowest BCUT2D eigenvalue weighted by atomic mass is 9.98. The largest absolute Gasteiger partial charge is 0.416 e. The Hall–Kier alpha value is -2.83. The van der Waals surface area contributed by atoms with Gasteiger partial charge in [0.05, 0.1) is 17.3 Å². The van der Waals surface area contributed by atoms with Crippen molar-refractivity contribution in [2.75, 3.05) is 14.1 Å². The summed E-state index contributed by atoms with van der Waals surface area (Å²) in [5.41, 5.74) is 1.04. The van der Waals surface area contributed by atoms with Gasteiger partial charge < -0.3 is 4.90 Å². The molecule has 7 heteroatoms. The lowest BCUT2D eigenvalue weighted by molar-refractivity contribution is -0.137. The van der Waals surface area contributed by atoms with Crippen LogP contribution in [0, 0.1) is 0 Å². The maximum Gasteiger partial charge on any atom is 0.416 e. The molecule has 3 aromatic rings. The molecule has 3 rings (SSSR count). The highest BCUT2D eigenvalue weighted by Crippen LogP contribution is 2.36. The molecular formula is C17H14F3N3O. The number of hydrogen-bond donors (Lipinski definition) is 1. The minimum absolute atomic E-state index is 0.168. The normalized spacial score (nSPS) is 11.7. The Kier molecular flexibility index (Phi) is 3.79. The molecule has 0 saturated heterocycles. The molecule has 1 amide bonds. The van der Waals surface area contributed by atoms with Gasteiger partial charge >= 0.3 is 6.18 Å². The van der Waals surface area contributed by atoms with E-state index in [9.17, 15) is 18.0 Å². The van der Waals surface area contributed by atoms with E-state index in [1.54, 1.807) is 38.4 Å². The third-order valence-electron chi connectivity index (χ3n) is 3.74. The molecule has 0 unspecified atom stereocenters. The van der Waals surface area contributed by atoms with Crippen molar-refractivity contribution in [3.63, 3.8) is 0 Å². The minimum Gasteiger partial charge on any atom is -0.345 e. The SMILES string of the molecule is CN(C)C(=O)c1ccc(-c2cc(C(F)(F)F)cc3[nH]ncc23)cc1. The Morgan fingerprint density at radius 3 is 2.38 bits per heavy atom. The molecule has 0 spiro atoms. The second kappa shape index (κ2) is 5.67. The van der Waals surface area contributed by atoms with Crippen LogP contribution in [0.3, 0.4) is 0 Å². The van der Waals surface area contributed by atoms with Crippen LogP contribution in [0.5, 0.6) is 0 Å². The van der Waals surface area contributed by atoms with Crippen LogP contribution in [0.15, 0.2) is 42.6 Å². The van der Waals surface area contributed by atoms with Gasteiger partial charge in [-0.3, -0.25) is 9.89 Å². The zero-order chi connectivity index (χ0) is 17.5. The van der Waals surface area contributed by atoms with E-state index in [-0.39, 0.29) is 5.91 Å². The number of nitrogens with zero attached hydrogens (tertiary/aromatic N) is 2. The van der Waals surface area contributed by atoms with Crippen LogP contribution in [0.1, 0.15) is 15.9 Å². The van der Waals surface area contributed by atoms with E-state index in [1.165, 1.54) is 11.1 Å². The average molecular weight is 333 g/mol. The van der Waals surface area contributed by atoms with Crippen LogP contribution in [0.2, 0.25) is 0 Å². The first-order valence-corrected chi connectivity index (χ1v) is 7.14. The summed E-state index contributed by atoms with van der Waals surface area (Å²) in [6, 6.07) is 8.61. The van der Waals surface area contributed by atoms with Gasteiger partial charge in [0, 0.05) is 25.0 Å². The number of nitrogens with one attached hydrogen (secondary N) is 1. The van der Waals surface area contributed by atoms with Gasteiger partial charge in [0.1, 0.15) is 0 Å². The Bertz CT molecular complexity index is 896. The lowest BCUT2D eigenvalue weighted by Crippen LogP contribution is -2.21. The van der Waals surface area contributed by atoms with Gasteiger partial charge in [0.25, 0.3) is 5.91 Å². The number of aromatic amines is 1. The van der Waals surface area contributed by atoms with E-state index in [4.69, 9.17) is 0 Å². The first-order chi connectivity index (χ1) is 11.3. The van der Waals surface area contributed by atoms with Crippen LogP contribution >= 0.6 is 0 Å². The number of aromatic nitrogens is 2. The molecule has 0 atom stereocenters. The topological polar surface area (TPSA) is 49.0 Å². The second-order valence-corrected chi connectivity index (χ2v) is 5.63. The highest BCUT2D eigenvalue weighted by atomic mass is 19.4. The van der Waals surface area contributed by atoms with Crippen molar-refractivity contribution in [2.45, 2.75) is 6.18 Å². The predicted octanol–water partition coefficient (Wildman–Crippen LogP) is 3.95. The quantitative estimate of drug-likeness (QED) is 0.772. The first-order valence-electron chi connectivity index (χ1n) is 7.14. The van der Waals surface area contributed by atoms with Gasteiger partial charge in [0.2, 0.25) is 0 Å². The predicted molar refractivity (Wildman–Crippen MR) is 84.5 cm³/mol. The molecule has 4 nitrogen and oxygen atoms in total. The van der Waals surface area contributed by atoms with E-state index in [1.807, 2.05) is 0 Å². The first kappa shape index (κ1) is 16.0. The molecule has 0 aliphatic heterocycles. The number of carbonyl (C=O) groups is 1. The fourth-order valence-corrected chi connectivity index (χ4v) is 2.50. The summed E-state index contributed by atoms with van der Waals surface area (Å²) < 4.78 is 39.3. The molecule has 0 aliphatic carbocycles. The third kappa shape index (κ3) is 2.84. The van der Waals surface area contributed by atoms with Crippen LogP contribution in [0.25, 0.3) is 22.0 Å². The van der Waals surface area contributed by atoms with Gasteiger partial charge in [0.15, 0.2) is 0 Å². The summed E-state index contributed by atoms with van der Waals surface area (Å²) in [4.78, 5) is 13.3. The summed E-state index contributed by atoms with van der Waals surface area (Å²) in [7, 11) is 3.27. The minimum atomic E-state index is -4.45. The van der Waals surface area contributed by atoms with Crippen LogP contribution in [0.4, 0.5) is 13.2 Å². The van der Waals surface area contributed by atoms with Gasteiger partial charge in [-0.1, -0.05) is 12.1 Å². The number of carbonyl (C=O) groups excluding carboxylic acids is 1. The third-order valence-corrected chi connectivity index (χ3v) is 3.74. The molecule has 0 aliphatic rings. The van der Waals surface area contributed by atoms with Crippen LogP contribution in [-0.2, 0) is 6.18 Å². The molecule has 124 valence electrons. The summed E-state index contributed by atoms with van der Waals surface area (Å²) in [6.45, 7) is 0. The Morgan fingerprint density at radius 2 is 1.79 bits per heavy atom. The number of H-pyrrole nitrogens is 1. The molecule has 1 heterocycles. The van der Waals surface area contributed by atoms with Gasteiger partial charge in [-0.05, 0) is 35.4 Å². The van der Waals surface area contributed by atoms with E-state index in [0.717, 1.165) is 12.1 Å². The molecule has 2 aromatic carbocycles. The highest BCUT2D eigenvalue weighted by Gasteiger charge is 2.31. The van der Waals surface area contributed by atoms with Gasteiger partial charge in [-0.25, -0.2) is 0 Å². The van der Waals surface area contributed by atoms with Crippen LogP contribution in [-0.4, -0.2) is 35.1 Å². The van der Waals surface area contributed by atoms with Crippen molar-refractivity contribution < 1.29 is 18.0 Å². The highest BCUT2D eigenvalue weighted by molar-refractivity contribution is 5.97. The lowest BCUT2D eigenvalue weighted by Gasteiger charge is -2.12. The van der Waals surface area contributed by atoms with Crippen LogP contribution < -0.4 is 0 Å². The Morgan fingerprint density at radius 1 is 1.12 bits per heavy atom. The molecule has 1 N–H and O–H groups in total. The second-order valence-electron chi connectivity index (χ2n) is 5.63. The van der Waals surface area contributed by atoms with Gasteiger partial charge in [-0.2, -0.15) is 18.3 Å². The Balaban J connectivity index is 2.12. The van der Waals surface area contributed by atoms with Gasteiger partial charge in [-0.15, -0.1) is 0 Å². The van der Waals surface area contributed by atoms with E-state index in [0.29, 0.717) is 27.6 Å². The molecule has 0 radical (unpaired) electrons. The Labute approximate surface area is 135 Å². The summed E-state index contributed by atoms with van der Waals surface area (Å²) >= 11 is 0. The maximum absolute atomic E-state index is 13.1. The smallest absolute Gasteiger partial charge is 0.345 e. The number of benzene rings is 2. The van der Waals surface area contributed by atoms with Crippen molar-refractivity contribution in [2.24, 2.45) is 0 Å². The molecule has 1 aromatic heterocycles. The number of fused-ring (bicyclic) bond motifs is 1. The number of rotatable bonds is 2. The molecule has 24 heavy (non-hydrogen) atoms. The van der Waals surface area contributed by atoms with Crippen molar-refractivity contribution in [3.8, 4) is 11.1 Å². The fraction of sp³-hybridized carbons (Fsp3) is 0.176.